The van der Waals surface area contributed by atoms with Crippen LogP contribution in [0.1, 0.15) is 21.5 Å². The minimum absolute atomic E-state index is 0.141. The van der Waals surface area contributed by atoms with Gasteiger partial charge in [-0.2, -0.15) is 0 Å². The number of hydrogen-bond acceptors (Lipinski definition) is 3. The number of benzene rings is 1. The summed E-state index contributed by atoms with van der Waals surface area (Å²) in [5.74, 6) is 5.19. The van der Waals surface area contributed by atoms with Gasteiger partial charge in [-0.1, -0.05) is 17.9 Å². The van der Waals surface area contributed by atoms with Crippen molar-refractivity contribution >= 4 is 5.91 Å². The predicted octanol–water partition coefficient (Wildman–Crippen LogP) is 0.715. The van der Waals surface area contributed by atoms with Crippen LogP contribution in [0.15, 0.2) is 18.2 Å². The SMILES string of the molecule is COCCNC(=O)c1cc(C#CCO)ccc1C. The molecule has 1 aromatic rings. The van der Waals surface area contributed by atoms with E-state index in [1.54, 1.807) is 13.2 Å². The summed E-state index contributed by atoms with van der Waals surface area (Å²) in [4.78, 5) is 11.9. The fraction of sp³-hybridized carbons (Fsp3) is 0.357. The van der Waals surface area contributed by atoms with E-state index in [-0.39, 0.29) is 12.5 Å². The predicted molar refractivity (Wildman–Crippen MR) is 69.4 cm³/mol. The third-order valence-electron chi connectivity index (χ3n) is 2.39. The first-order valence-electron chi connectivity index (χ1n) is 5.66. The third-order valence-corrected chi connectivity index (χ3v) is 2.39. The second kappa shape index (κ2) is 7.49. The Morgan fingerprint density at radius 2 is 2.28 bits per heavy atom. The highest BCUT2D eigenvalue weighted by Gasteiger charge is 2.08. The monoisotopic (exact) mass is 247 g/mol. The van der Waals surface area contributed by atoms with Crippen LogP contribution in [0.4, 0.5) is 0 Å². The van der Waals surface area contributed by atoms with E-state index in [4.69, 9.17) is 9.84 Å². The average Bonchev–Trinajstić information content (AvgIpc) is 2.38. The van der Waals surface area contributed by atoms with Crippen molar-refractivity contribution in [1.29, 1.82) is 0 Å². The fourth-order valence-electron chi connectivity index (χ4n) is 1.45. The molecule has 1 rings (SSSR count). The molecule has 96 valence electrons. The van der Waals surface area contributed by atoms with Crippen LogP contribution in [0.2, 0.25) is 0 Å². The molecule has 1 amide bonds. The van der Waals surface area contributed by atoms with Crippen LogP contribution in [-0.2, 0) is 4.74 Å². The molecule has 0 radical (unpaired) electrons. The normalized spacial score (nSPS) is 9.50. The van der Waals surface area contributed by atoms with Crippen LogP contribution >= 0.6 is 0 Å². The van der Waals surface area contributed by atoms with Gasteiger partial charge in [-0.05, 0) is 24.6 Å². The molecule has 2 N–H and O–H groups in total. The lowest BCUT2D eigenvalue weighted by Gasteiger charge is -2.07. The molecule has 0 aliphatic heterocycles. The zero-order chi connectivity index (χ0) is 13.4. The zero-order valence-electron chi connectivity index (χ0n) is 10.6. The lowest BCUT2D eigenvalue weighted by Crippen LogP contribution is -2.27. The lowest BCUT2D eigenvalue weighted by atomic mass is 10.0. The molecule has 0 aliphatic carbocycles. The average molecular weight is 247 g/mol. The molecule has 0 unspecified atom stereocenters. The first-order valence-corrected chi connectivity index (χ1v) is 5.66. The minimum Gasteiger partial charge on any atom is -0.384 e. The Balaban J connectivity index is 2.83. The van der Waals surface area contributed by atoms with Gasteiger partial charge in [-0.15, -0.1) is 0 Å². The van der Waals surface area contributed by atoms with Gasteiger partial charge < -0.3 is 15.2 Å². The van der Waals surface area contributed by atoms with Gasteiger partial charge in [-0.3, -0.25) is 4.79 Å². The van der Waals surface area contributed by atoms with Crippen LogP contribution in [-0.4, -0.2) is 37.9 Å². The van der Waals surface area contributed by atoms with Gasteiger partial charge in [0.15, 0.2) is 0 Å². The first kappa shape index (κ1) is 14.2. The van der Waals surface area contributed by atoms with Crippen LogP contribution in [0.25, 0.3) is 0 Å². The van der Waals surface area contributed by atoms with Crippen molar-refractivity contribution < 1.29 is 14.6 Å². The second-order valence-corrected chi connectivity index (χ2v) is 3.74. The van der Waals surface area contributed by atoms with E-state index < -0.39 is 0 Å². The fourth-order valence-corrected chi connectivity index (χ4v) is 1.45. The summed E-state index contributed by atoms with van der Waals surface area (Å²) in [6.45, 7) is 2.63. The Bertz CT molecular complexity index is 472. The zero-order valence-corrected chi connectivity index (χ0v) is 10.6. The summed E-state index contributed by atoms with van der Waals surface area (Å²) in [5.41, 5.74) is 2.20. The molecule has 0 aliphatic rings. The summed E-state index contributed by atoms with van der Waals surface area (Å²) in [5, 5.41) is 11.4. The van der Waals surface area contributed by atoms with Crippen LogP contribution < -0.4 is 5.32 Å². The maximum absolute atomic E-state index is 11.9. The number of rotatable bonds is 4. The highest BCUT2D eigenvalue weighted by molar-refractivity contribution is 5.96. The summed E-state index contributed by atoms with van der Waals surface area (Å²) < 4.78 is 4.87. The van der Waals surface area contributed by atoms with E-state index in [1.165, 1.54) is 0 Å². The number of aryl methyl sites for hydroxylation is 1. The minimum atomic E-state index is -0.191. The molecule has 1 aromatic carbocycles. The third kappa shape index (κ3) is 4.21. The molecule has 4 heteroatoms. The number of nitrogens with one attached hydrogen (secondary N) is 1. The van der Waals surface area contributed by atoms with E-state index >= 15 is 0 Å². The molecule has 0 saturated heterocycles. The van der Waals surface area contributed by atoms with Crippen molar-refractivity contribution in [2.24, 2.45) is 0 Å². The Labute approximate surface area is 107 Å². The number of aliphatic hydroxyl groups is 1. The van der Waals surface area contributed by atoms with Gasteiger partial charge in [-0.25, -0.2) is 0 Å². The molecule has 0 fully saturated rings. The topological polar surface area (TPSA) is 58.6 Å². The highest BCUT2D eigenvalue weighted by Crippen LogP contribution is 2.10. The Kier molecular flexibility index (Phi) is 5.92. The van der Waals surface area contributed by atoms with Crippen molar-refractivity contribution in [3.8, 4) is 11.8 Å². The van der Waals surface area contributed by atoms with Crippen molar-refractivity contribution in [1.82, 2.24) is 5.32 Å². The Morgan fingerprint density at radius 3 is 2.94 bits per heavy atom. The molecule has 0 spiro atoms. The number of carbonyl (C=O) groups is 1. The lowest BCUT2D eigenvalue weighted by molar-refractivity contribution is 0.0936. The van der Waals surface area contributed by atoms with Gasteiger partial charge in [0.2, 0.25) is 0 Å². The molecule has 4 nitrogen and oxygen atoms in total. The molecule has 0 aromatic heterocycles. The number of methoxy groups -OCH3 is 1. The molecule has 0 bridgehead atoms. The van der Waals surface area contributed by atoms with E-state index in [2.05, 4.69) is 17.2 Å². The van der Waals surface area contributed by atoms with Crippen LogP contribution in [0.3, 0.4) is 0 Å². The Hall–Kier alpha value is -1.83. The molecular weight excluding hydrogens is 230 g/mol. The summed E-state index contributed by atoms with van der Waals surface area (Å²) >= 11 is 0. The van der Waals surface area contributed by atoms with Crippen molar-refractivity contribution in [2.45, 2.75) is 6.92 Å². The summed E-state index contributed by atoms with van der Waals surface area (Å²) in [6, 6.07) is 5.39. The van der Waals surface area contributed by atoms with Gasteiger partial charge in [0, 0.05) is 24.8 Å². The number of amides is 1. The first-order chi connectivity index (χ1) is 8.69. The van der Waals surface area contributed by atoms with Gasteiger partial charge >= 0.3 is 0 Å². The van der Waals surface area contributed by atoms with Gasteiger partial charge in [0.05, 0.1) is 6.61 Å². The number of aliphatic hydroxyl groups excluding tert-OH is 1. The maximum atomic E-state index is 11.9. The molecule has 0 heterocycles. The van der Waals surface area contributed by atoms with Crippen molar-refractivity contribution in [3.05, 3.63) is 34.9 Å². The molecule has 0 saturated carbocycles. The van der Waals surface area contributed by atoms with E-state index in [1.807, 2.05) is 19.1 Å². The maximum Gasteiger partial charge on any atom is 0.251 e. The Morgan fingerprint density at radius 1 is 1.50 bits per heavy atom. The molecule has 18 heavy (non-hydrogen) atoms. The van der Waals surface area contributed by atoms with Crippen molar-refractivity contribution in [2.75, 3.05) is 26.9 Å². The van der Waals surface area contributed by atoms with Gasteiger partial charge in [0.1, 0.15) is 6.61 Å². The highest BCUT2D eigenvalue weighted by atomic mass is 16.5. The van der Waals surface area contributed by atoms with Crippen LogP contribution in [0, 0.1) is 18.8 Å². The van der Waals surface area contributed by atoms with E-state index in [0.29, 0.717) is 24.3 Å². The van der Waals surface area contributed by atoms with Crippen molar-refractivity contribution in [3.63, 3.8) is 0 Å². The largest absolute Gasteiger partial charge is 0.384 e. The number of hydrogen-bond donors (Lipinski definition) is 2. The number of carbonyl (C=O) groups excluding carboxylic acids is 1. The molecular formula is C14H17NO3. The molecule has 0 atom stereocenters. The standard InChI is InChI=1S/C14H17NO3/c1-11-5-6-12(4-3-8-16)10-13(11)14(17)15-7-9-18-2/h5-6,10,16H,7-9H2,1-2H3,(H,15,17). The summed E-state index contributed by atoms with van der Waals surface area (Å²) in [6.07, 6.45) is 0. The van der Waals surface area contributed by atoms with Gasteiger partial charge in [0.25, 0.3) is 5.91 Å². The quantitative estimate of drug-likeness (QED) is 0.608. The van der Waals surface area contributed by atoms with E-state index in [0.717, 1.165) is 5.56 Å². The second-order valence-electron chi connectivity index (χ2n) is 3.74. The van der Waals surface area contributed by atoms with E-state index in [9.17, 15) is 4.79 Å². The smallest absolute Gasteiger partial charge is 0.251 e. The number of ether oxygens (including phenoxy) is 1. The van der Waals surface area contributed by atoms with Crippen LogP contribution in [0.5, 0.6) is 0 Å². The summed E-state index contributed by atoms with van der Waals surface area (Å²) in [7, 11) is 1.59.